The van der Waals surface area contributed by atoms with Crippen LogP contribution in [-0.4, -0.2) is 43.9 Å². The second-order valence-electron chi connectivity index (χ2n) is 6.25. The number of carbonyl (C=O) groups excluding carboxylic acids is 1. The van der Waals surface area contributed by atoms with Gasteiger partial charge in [0.1, 0.15) is 10.6 Å². The van der Waals surface area contributed by atoms with Gasteiger partial charge in [-0.15, -0.1) is 11.3 Å². The molecule has 0 bridgehead atoms. The average Bonchev–Trinajstić information content (AvgIpc) is 3.12. The van der Waals surface area contributed by atoms with Gasteiger partial charge in [0.2, 0.25) is 0 Å². The van der Waals surface area contributed by atoms with Gasteiger partial charge in [-0.1, -0.05) is 30.3 Å². The van der Waals surface area contributed by atoms with Crippen LogP contribution in [0.15, 0.2) is 36.4 Å². The lowest BCUT2D eigenvalue weighted by molar-refractivity contribution is -0.154. The number of aliphatic carboxylic acids is 1. The number of ether oxygens (including phenoxy) is 2. The van der Waals surface area contributed by atoms with Crippen LogP contribution in [0.5, 0.6) is 5.75 Å². The third kappa shape index (κ3) is 3.73. The summed E-state index contributed by atoms with van der Waals surface area (Å²) in [5, 5.41) is 12.4. The number of carboxylic acid groups (broad SMARTS) is 1. The van der Waals surface area contributed by atoms with Gasteiger partial charge in [-0.2, -0.15) is 0 Å². The molecule has 2 N–H and O–H groups in total. The normalized spacial score (nSPS) is 16.0. The Hall–Kier alpha value is -2.38. The molecule has 7 heteroatoms. The topological polar surface area (TPSA) is 84.9 Å². The molecule has 0 unspecified atom stereocenters. The van der Waals surface area contributed by atoms with E-state index in [0.717, 1.165) is 10.4 Å². The van der Waals surface area contributed by atoms with Crippen molar-refractivity contribution in [2.24, 2.45) is 5.41 Å². The van der Waals surface area contributed by atoms with Gasteiger partial charge in [-0.25, -0.2) is 0 Å². The average molecular weight is 375 g/mol. The number of hydrogen-bond acceptors (Lipinski definition) is 5. The summed E-state index contributed by atoms with van der Waals surface area (Å²) in [7, 11) is 1.52. The monoisotopic (exact) mass is 375 g/mol. The first-order valence-corrected chi connectivity index (χ1v) is 9.20. The first-order valence-electron chi connectivity index (χ1n) is 8.38. The van der Waals surface area contributed by atoms with Crippen molar-refractivity contribution in [3.05, 3.63) is 41.3 Å². The van der Waals surface area contributed by atoms with Crippen LogP contribution >= 0.6 is 11.3 Å². The fourth-order valence-electron chi connectivity index (χ4n) is 2.99. The summed E-state index contributed by atoms with van der Waals surface area (Å²) in [6.45, 7) is 0.859. The van der Waals surface area contributed by atoms with E-state index in [-0.39, 0.29) is 12.5 Å². The van der Waals surface area contributed by atoms with Crippen molar-refractivity contribution in [1.82, 2.24) is 5.32 Å². The molecule has 26 heavy (non-hydrogen) atoms. The second-order valence-corrected chi connectivity index (χ2v) is 7.31. The van der Waals surface area contributed by atoms with Crippen molar-refractivity contribution in [3.63, 3.8) is 0 Å². The van der Waals surface area contributed by atoms with E-state index in [1.165, 1.54) is 18.4 Å². The summed E-state index contributed by atoms with van der Waals surface area (Å²) < 4.78 is 10.6. The number of carbonyl (C=O) groups is 2. The fraction of sp³-hybridized carbons (Fsp3) is 0.368. The predicted octanol–water partition coefficient (Wildman–Crippen LogP) is 3.03. The van der Waals surface area contributed by atoms with Crippen LogP contribution in [0.4, 0.5) is 0 Å². The highest BCUT2D eigenvalue weighted by atomic mass is 32.1. The zero-order chi connectivity index (χ0) is 18.6. The SMILES string of the molecule is COc1cc(-c2ccccc2)sc1C(=O)NCC1(C(=O)O)CCOCC1. The fourth-order valence-corrected chi connectivity index (χ4v) is 4.03. The highest BCUT2D eigenvalue weighted by molar-refractivity contribution is 7.17. The van der Waals surface area contributed by atoms with Crippen molar-refractivity contribution in [1.29, 1.82) is 0 Å². The van der Waals surface area contributed by atoms with Crippen molar-refractivity contribution < 1.29 is 24.2 Å². The molecular formula is C19H21NO5S. The lowest BCUT2D eigenvalue weighted by Crippen LogP contribution is -2.46. The van der Waals surface area contributed by atoms with Gasteiger partial charge in [0.25, 0.3) is 5.91 Å². The van der Waals surface area contributed by atoms with Gasteiger partial charge in [0.15, 0.2) is 0 Å². The van der Waals surface area contributed by atoms with E-state index in [4.69, 9.17) is 9.47 Å². The Morgan fingerprint density at radius 2 is 1.96 bits per heavy atom. The Morgan fingerprint density at radius 1 is 1.27 bits per heavy atom. The minimum Gasteiger partial charge on any atom is -0.495 e. The van der Waals surface area contributed by atoms with E-state index in [1.54, 1.807) is 0 Å². The number of amides is 1. The summed E-state index contributed by atoms with van der Waals surface area (Å²) in [6, 6.07) is 11.6. The summed E-state index contributed by atoms with van der Waals surface area (Å²) in [5.74, 6) is -0.729. The van der Waals surface area contributed by atoms with E-state index >= 15 is 0 Å². The smallest absolute Gasteiger partial charge is 0.311 e. The maximum atomic E-state index is 12.7. The predicted molar refractivity (Wildman–Crippen MR) is 98.8 cm³/mol. The van der Waals surface area contributed by atoms with Crippen molar-refractivity contribution >= 4 is 23.2 Å². The largest absolute Gasteiger partial charge is 0.495 e. The molecule has 1 aliphatic rings. The van der Waals surface area contributed by atoms with Crippen LogP contribution in [0.2, 0.25) is 0 Å². The minimum atomic E-state index is -0.972. The summed E-state index contributed by atoms with van der Waals surface area (Å²) >= 11 is 1.33. The number of thiophene rings is 1. The van der Waals surface area contributed by atoms with Crippen molar-refractivity contribution in [2.75, 3.05) is 26.9 Å². The molecule has 2 heterocycles. The zero-order valence-electron chi connectivity index (χ0n) is 14.5. The Labute approximate surface area is 155 Å². The van der Waals surface area contributed by atoms with Gasteiger partial charge in [0, 0.05) is 24.6 Å². The summed E-state index contributed by atoms with van der Waals surface area (Å²) in [5.41, 5.74) is 0.0296. The Balaban J connectivity index is 1.77. The van der Waals surface area contributed by atoms with E-state index in [1.807, 2.05) is 36.4 Å². The molecule has 1 saturated heterocycles. The maximum Gasteiger partial charge on any atom is 0.311 e. The van der Waals surface area contributed by atoms with Gasteiger partial charge in [-0.3, -0.25) is 9.59 Å². The minimum absolute atomic E-state index is 0.0756. The molecule has 1 aliphatic heterocycles. The quantitative estimate of drug-likeness (QED) is 0.811. The first-order chi connectivity index (χ1) is 12.6. The van der Waals surface area contributed by atoms with Gasteiger partial charge in [0.05, 0.1) is 12.5 Å². The maximum absolute atomic E-state index is 12.7. The number of carboxylic acids is 1. The van der Waals surface area contributed by atoms with Gasteiger partial charge in [-0.05, 0) is 24.5 Å². The Morgan fingerprint density at radius 3 is 2.58 bits per heavy atom. The molecule has 3 rings (SSSR count). The van der Waals surface area contributed by atoms with E-state index in [9.17, 15) is 14.7 Å². The number of rotatable bonds is 6. The van der Waals surface area contributed by atoms with Gasteiger partial charge >= 0.3 is 5.97 Å². The van der Waals surface area contributed by atoms with E-state index < -0.39 is 11.4 Å². The van der Waals surface area contributed by atoms with Crippen molar-refractivity contribution in [3.8, 4) is 16.2 Å². The molecule has 1 aromatic carbocycles. The summed E-state index contributed by atoms with van der Waals surface area (Å²) in [6.07, 6.45) is 0.777. The molecule has 6 nitrogen and oxygen atoms in total. The van der Waals surface area contributed by atoms with Crippen LogP contribution in [0, 0.1) is 5.41 Å². The molecule has 0 radical (unpaired) electrons. The summed E-state index contributed by atoms with van der Waals surface area (Å²) in [4.78, 5) is 25.7. The zero-order valence-corrected chi connectivity index (χ0v) is 15.3. The van der Waals surface area contributed by atoms with Crippen LogP contribution in [-0.2, 0) is 9.53 Å². The van der Waals surface area contributed by atoms with E-state index in [2.05, 4.69) is 5.32 Å². The third-order valence-corrected chi connectivity index (χ3v) is 5.84. The van der Waals surface area contributed by atoms with Crippen molar-refractivity contribution in [2.45, 2.75) is 12.8 Å². The lowest BCUT2D eigenvalue weighted by Gasteiger charge is -2.33. The number of nitrogens with one attached hydrogen (secondary N) is 1. The molecule has 0 spiro atoms. The molecule has 2 aromatic rings. The highest BCUT2D eigenvalue weighted by Gasteiger charge is 2.40. The molecule has 1 aromatic heterocycles. The van der Waals surface area contributed by atoms with Crippen LogP contribution < -0.4 is 10.1 Å². The second kappa shape index (κ2) is 7.88. The molecule has 0 aliphatic carbocycles. The number of methoxy groups -OCH3 is 1. The Bertz CT molecular complexity index is 780. The van der Waals surface area contributed by atoms with Crippen LogP contribution in [0.3, 0.4) is 0 Å². The number of benzene rings is 1. The molecule has 1 fully saturated rings. The molecule has 0 saturated carbocycles. The van der Waals surface area contributed by atoms with Gasteiger partial charge < -0.3 is 19.9 Å². The molecule has 138 valence electrons. The Kier molecular flexibility index (Phi) is 5.58. The highest BCUT2D eigenvalue weighted by Crippen LogP contribution is 2.36. The first kappa shape index (κ1) is 18.4. The standard InChI is InChI=1S/C19H21NO5S/c1-24-14-11-15(13-5-3-2-4-6-13)26-16(14)17(21)20-12-19(18(22)23)7-9-25-10-8-19/h2-6,11H,7-10,12H2,1H3,(H,20,21)(H,22,23). The molecular weight excluding hydrogens is 354 g/mol. The number of hydrogen-bond donors (Lipinski definition) is 2. The lowest BCUT2D eigenvalue weighted by atomic mass is 9.80. The van der Waals surface area contributed by atoms with E-state index in [0.29, 0.717) is 36.7 Å². The molecule has 0 atom stereocenters. The van der Waals surface area contributed by atoms with Crippen LogP contribution in [0.1, 0.15) is 22.5 Å². The van der Waals surface area contributed by atoms with Crippen LogP contribution in [0.25, 0.3) is 10.4 Å². The molecule has 1 amide bonds. The third-order valence-electron chi connectivity index (χ3n) is 4.67.